The van der Waals surface area contributed by atoms with Crippen molar-refractivity contribution in [1.82, 2.24) is 0 Å². The summed E-state index contributed by atoms with van der Waals surface area (Å²) >= 11 is 0. The van der Waals surface area contributed by atoms with Crippen molar-refractivity contribution in [2.75, 3.05) is 6.61 Å². The smallest absolute Gasteiger partial charge is 0.0685 e. The summed E-state index contributed by atoms with van der Waals surface area (Å²) in [4.78, 5) is 0. The predicted molar refractivity (Wildman–Crippen MR) is 83.7 cm³/mol. The monoisotopic (exact) mass is 279 g/mol. The van der Waals surface area contributed by atoms with E-state index in [0.717, 1.165) is 12.5 Å². The number of hydrogen-bond donors (Lipinski definition) is 1. The standard InChI is InChI=1S/C18H33NO/c1-2-15-6-5-11-18(19,12-7-15)16-8-13-20-17(14-16)9-3-4-10-17/h15-16H,2-14,19H2,1H3. The second-order valence-corrected chi connectivity index (χ2v) is 7.87. The van der Waals surface area contributed by atoms with Gasteiger partial charge in [0.25, 0.3) is 0 Å². The lowest BCUT2D eigenvalue weighted by Crippen LogP contribution is -2.52. The Morgan fingerprint density at radius 2 is 1.80 bits per heavy atom. The van der Waals surface area contributed by atoms with E-state index in [1.54, 1.807) is 0 Å². The van der Waals surface area contributed by atoms with Gasteiger partial charge in [0, 0.05) is 12.1 Å². The zero-order valence-corrected chi connectivity index (χ0v) is 13.3. The summed E-state index contributed by atoms with van der Waals surface area (Å²) < 4.78 is 6.21. The van der Waals surface area contributed by atoms with Crippen LogP contribution in [-0.4, -0.2) is 17.7 Å². The first-order valence-electron chi connectivity index (χ1n) is 9.09. The molecule has 2 aliphatic carbocycles. The van der Waals surface area contributed by atoms with E-state index in [0.29, 0.717) is 5.92 Å². The molecule has 3 unspecified atom stereocenters. The third kappa shape index (κ3) is 2.92. The molecule has 2 heteroatoms. The molecule has 0 aromatic rings. The molecule has 3 atom stereocenters. The van der Waals surface area contributed by atoms with Crippen molar-refractivity contribution in [3.05, 3.63) is 0 Å². The van der Waals surface area contributed by atoms with Gasteiger partial charge in [-0.05, 0) is 56.8 Å². The third-order valence-electron chi connectivity index (χ3n) is 6.67. The van der Waals surface area contributed by atoms with Gasteiger partial charge < -0.3 is 10.5 Å². The van der Waals surface area contributed by atoms with Crippen molar-refractivity contribution in [3.8, 4) is 0 Å². The van der Waals surface area contributed by atoms with E-state index in [1.165, 1.54) is 77.0 Å². The fraction of sp³-hybridized carbons (Fsp3) is 1.00. The van der Waals surface area contributed by atoms with Gasteiger partial charge in [-0.1, -0.05) is 39.0 Å². The maximum absolute atomic E-state index is 6.95. The van der Waals surface area contributed by atoms with Crippen LogP contribution in [0.15, 0.2) is 0 Å². The van der Waals surface area contributed by atoms with Gasteiger partial charge in [-0.15, -0.1) is 0 Å². The summed E-state index contributed by atoms with van der Waals surface area (Å²) in [7, 11) is 0. The van der Waals surface area contributed by atoms with Crippen LogP contribution in [-0.2, 0) is 4.74 Å². The molecule has 3 rings (SSSR count). The summed E-state index contributed by atoms with van der Waals surface area (Å²) in [6, 6.07) is 0. The Morgan fingerprint density at radius 3 is 2.55 bits per heavy atom. The highest BCUT2D eigenvalue weighted by Crippen LogP contribution is 2.47. The lowest BCUT2D eigenvalue weighted by atomic mass is 9.70. The molecule has 1 aliphatic heterocycles. The van der Waals surface area contributed by atoms with Gasteiger partial charge in [-0.2, -0.15) is 0 Å². The van der Waals surface area contributed by atoms with Crippen LogP contribution in [0.4, 0.5) is 0 Å². The molecule has 0 bridgehead atoms. The van der Waals surface area contributed by atoms with Gasteiger partial charge in [-0.25, -0.2) is 0 Å². The first-order chi connectivity index (χ1) is 9.66. The van der Waals surface area contributed by atoms with Crippen LogP contribution in [0.3, 0.4) is 0 Å². The third-order valence-corrected chi connectivity index (χ3v) is 6.67. The number of hydrogen-bond acceptors (Lipinski definition) is 2. The van der Waals surface area contributed by atoms with Gasteiger partial charge in [0.2, 0.25) is 0 Å². The van der Waals surface area contributed by atoms with Crippen molar-refractivity contribution in [2.24, 2.45) is 17.6 Å². The molecule has 0 amide bonds. The Balaban J connectivity index is 1.67. The summed E-state index contributed by atoms with van der Waals surface area (Å²) in [5.41, 5.74) is 7.29. The zero-order chi connectivity index (χ0) is 14.1. The molecular formula is C18H33NO. The molecule has 1 spiro atoms. The quantitative estimate of drug-likeness (QED) is 0.760. The van der Waals surface area contributed by atoms with Crippen LogP contribution >= 0.6 is 0 Å². The number of nitrogens with two attached hydrogens (primary N) is 1. The Morgan fingerprint density at radius 1 is 1.00 bits per heavy atom. The van der Waals surface area contributed by atoms with Crippen molar-refractivity contribution in [1.29, 1.82) is 0 Å². The molecule has 3 fully saturated rings. The van der Waals surface area contributed by atoms with Gasteiger partial charge in [-0.3, -0.25) is 0 Å². The van der Waals surface area contributed by atoms with Crippen molar-refractivity contribution in [3.63, 3.8) is 0 Å². The fourth-order valence-electron chi connectivity index (χ4n) is 5.16. The molecule has 3 aliphatic rings. The van der Waals surface area contributed by atoms with Gasteiger partial charge >= 0.3 is 0 Å². The Kier molecular flexibility index (Phi) is 4.42. The van der Waals surface area contributed by atoms with Crippen LogP contribution in [0.5, 0.6) is 0 Å². The average Bonchev–Trinajstić information content (AvgIpc) is 2.80. The number of ether oxygens (including phenoxy) is 1. The first-order valence-corrected chi connectivity index (χ1v) is 9.09. The highest BCUT2D eigenvalue weighted by molar-refractivity contribution is 5.00. The minimum absolute atomic E-state index is 0.114. The summed E-state index contributed by atoms with van der Waals surface area (Å²) in [6.45, 7) is 3.30. The van der Waals surface area contributed by atoms with E-state index in [2.05, 4.69) is 6.92 Å². The minimum Gasteiger partial charge on any atom is -0.375 e. The van der Waals surface area contributed by atoms with Crippen molar-refractivity contribution >= 4 is 0 Å². The van der Waals surface area contributed by atoms with E-state index in [1.807, 2.05) is 0 Å². The van der Waals surface area contributed by atoms with E-state index in [4.69, 9.17) is 10.5 Å². The van der Waals surface area contributed by atoms with Crippen LogP contribution in [0.1, 0.15) is 84.0 Å². The second kappa shape index (κ2) is 5.96. The van der Waals surface area contributed by atoms with Gasteiger partial charge in [0.05, 0.1) is 5.60 Å². The van der Waals surface area contributed by atoms with Crippen LogP contribution < -0.4 is 5.73 Å². The molecule has 1 saturated heterocycles. The summed E-state index contributed by atoms with van der Waals surface area (Å²) in [5, 5.41) is 0. The first kappa shape index (κ1) is 14.8. The summed E-state index contributed by atoms with van der Waals surface area (Å²) in [6.07, 6.45) is 15.7. The molecule has 1 heterocycles. The lowest BCUT2D eigenvalue weighted by Gasteiger charge is -2.46. The zero-order valence-electron chi connectivity index (χ0n) is 13.3. The lowest BCUT2D eigenvalue weighted by molar-refractivity contribution is -0.106. The van der Waals surface area contributed by atoms with Gasteiger partial charge in [0.15, 0.2) is 0 Å². The van der Waals surface area contributed by atoms with Crippen molar-refractivity contribution < 1.29 is 4.74 Å². The van der Waals surface area contributed by atoms with E-state index in [9.17, 15) is 0 Å². The van der Waals surface area contributed by atoms with E-state index in [-0.39, 0.29) is 11.1 Å². The molecule has 0 aromatic heterocycles. The summed E-state index contributed by atoms with van der Waals surface area (Å²) in [5.74, 6) is 1.64. The van der Waals surface area contributed by atoms with Crippen LogP contribution in [0.25, 0.3) is 0 Å². The van der Waals surface area contributed by atoms with E-state index >= 15 is 0 Å². The molecule has 2 N–H and O–H groups in total. The van der Waals surface area contributed by atoms with Gasteiger partial charge in [0.1, 0.15) is 0 Å². The predicted octanol–water partition coefficient (Wildman–Crippen LogP) is 4.41. The Hall–Kier alpha value is -0.0800. The van der Waals surface area contributed by atoms with E-state index < -0.39 is 0 Å². The van der Waals surface area contributed by atoms with Crippen LogP contribution in [0, 0.1) is 11.8 Å². The maximum atomic E-state index is 6.95. The fourth-order valence-corrected chi connectivity index (χ4v) is 5.16. The largest absolute Gasteiger partial charge is 0.375 e. The highest BCUT2D eigenvalue weighted by atomic mass is 16.5. The Bertz CT molecular complexity index is 323. The SMILES string of the molecule is CCC1CCCC(N)(C2CCOC3(CCCC3)C2)CC1. The molecule has 20 heavy (non-hydrogen) atoms. The molecule has 116 valence electrons. The minimum atomic E-state index is 0.114. The normalized spacial score (nSPS) is 41.7. The Labute approximate surface area is 124 Å². The average molecular weight is 279 g/mol. The topological polar surface area (TPSA) is 35.2 Å². The maximum Gasteiger partial charge on any atom is 0.0685 e. The molecule has 0 aromatic carbocycles. The molecule has 0 radical (unpaired) electrons. The van der Waals surface area contributed by atoms with Crippen LogP contribution in [0.2, 0.25) is 0 Å². The number of rotatable bonds is 2. The molecule has 2 saturated carbocycles. The highest BCUT2D eigenvalue weighted by Gasteiger charge is 2.46. The second-order valence-electron chi connectivity index (χ2n) is 7.87. The molecular weight excluding hydrogens is 246 g/mol. The van der Waals surface area contributed by atoms with Crippen molar-refractivity contribution in [2.45, 2.75) is 95.1 Å². The molecule has 2 nitrogen and oxygen atoms in total.